The van der Waals surface area contributed by atoms with E-state index in [-0.39, 0.29) is 12.1 Å². The molecule has 1 aliphatic carbocycles. The summed E-state index contributed by atoms with van der Waals surface area (Å²) in [4.78, 5) is 11.9. The van der Waals surface area contributed by atoms with E-state index in [1.807, 2.05) is 32.9 Å². The van der Waals surface area contributed by atoms with Crippen LogP contribution in [0, 0.1) is 0 Å². The Morgan fingerprint density at radius 1 is 1.20 bits per heavy atom. The number of carbonyl (C=O) groups excluding carboxylic acids is 1. The summed E-state index contributed by atoms with van der Waals surface area (Å²) in [5.74, 6) is 0. The summed E-state index contributed by atoms with van der Waals surface area (Å²) >= 11 is 7.53. The van der Waals surface area contributed by atoms with Crippen LogP contribution in [0.3, 0.4) is 0 Å². The number of amides is 1. The van der Waals surface area contributed by atoms with Crippen LogP contribution in [0.4, 0.5) is 10.5 Å². The van der Waals surface area contributed by atoms with E-state index in [2.05, 4.69) is 19.4 Å². The summed E-state index contributed by atoms with van der Waals surface area (Å²) in [6.07, 6.45) is 3.36. The van der Waals surface area contributed by atoms with Gasteiger partial charge in [-0.2, -0.15) is 8.75 Å². The first-order valence-electron chi connectivity index (χ1n) is 8.48. The number of anilines is 1. The Hall–Kier alpha value is -1.60. The van der Waals surface area contributed by atoms with E-state index in [4.69, 9.17) is 16.3 Å². The van der Waals surface area contributed by atoms with Crippen LogP contribution in [0.1, 0.15) is 46.5 Å². The zero-order valence-electron chi connectivity index (χ0n) is 14.6. The Kier molecular flexibility index (Phi) is 5.34. The third kappa shape index (κ3) is 4.73. The molecule has 1 aliphatic rings. The van der Waals surface area contributed by atoms with Gasteiger partial charge in [-0.1, -0.05) is 11.6 Å². The number of halogens is 1. The Morgan fingerprint density at radius 3 is 2.56 bits per heavy atom. The van der Waals surface area contributed by atoms with Crippen LogP contribution in [0.2, 0.25) is 5.02 Å². The third-order valence-corrected chi connectivity index (χ3v) is 5.03. The van der Waals surface area contributed by atoms with Gasteiger partial charge in [0.15, 0.2) is 0 Å². The number of hydrogen-bond donors (Lipinski definition) is 2. The number of aromatic nitrogens is 2. The summed E-state index contributed by atoms with van der Waals surface area (Å²) < 4.78 is 13.9. The average Bonchev–Trinajstić information content (AvgIpc) is 2.99. The normalized spacial score (nSPS) is 21.1. The molecule has 1 heterocycles. The van der Waals surface area contributed by atoms with E-state index in [9.17, 15) is 4.79 Å². The van der Waals surface area contributed by atoms with Crippen LogP contribution < -0.4 is 10.6 Å². The quantitative estimate of drug-likeness (QED) is 0.811. The summed E-state index contributed by atoms with van der Waals surface area (Å²) in [5.41, 5.74) is 2.07. The fraction of sp³-hybridized carbons (Fsp3) is 0.588. The standard InChI is InChI=1S/C17H23ClN4O2S/c1-17(2,3)24-16(23)20-11-6-4-10(5-7-11)19-14-12(18)8-9-13-15(14)22-25-21-13/h8-11,19H,4-7H2,1-3H3,(H,20,23). The zero-order valence-corrected chi connectivity index (χ0v) is 16.2. The van der Waals surface area contributed by atoms with Crippen molar-refractivity contribution < 1.29 is 9.53 Å². The summed E-state index contributed by atoms with van der Waals surface area (Å²) in [6, 6.07) is 4.19. The highest BCUT2D eigenvalue weighted by Gasteiger charge is 2.25. The lowest BCUT2D eigenvalue weighted by atomic mass is 9.91. The van der Waals surface area contributed by atoms with Crippen LogP contribution in [-0.2, 0) is 4.74 Å². The van der Waals surface area contributed by atoms with Gasteiger partial charge in [-0.25, -0.2) is 4.79 Å². The number of carbonyl (C=O) groups is 1. The number of nitrogens with zero attached hydrogens (tertiary/aromatic N) is 2. The van der Waals surface area contributed by atoms with Gasteiger partial charge in [-0.15, -0.1) is 0 Å². The van der Waals surface area contributed by atoms with Gasteiger partial charge in [0.1, 0.15) is 16.6 Å². The second kappa shape index (κ2) is 7.33. The highest BCUT2D eigenvalue weighted by molar-refractivity contribution is 7.00. The van der Waals surface area contributed by atoms with Crippen molar-refractivity contribution in [3.8, 4) is 0 Å². The van der Waals surface area contributed by atoms with Crippen molar-refractivity contribution in [3.05, 3.63) is 17.2 Å². The molecule has 0 spiro atoms. The number of nitrogens with one attached hydrogen (secondary N) is 2. The first-order valence-corrected chi connectivity index (χ1v) is 9.59. The molecular formula is C17H23ClN4O2S. The molecule has 1 aromatic heterocycles. The molecule has 0 saturated heterocycles. The maximum absolute atomic E-state index is 11.9. The minimum atomic E-state index is -0.472. The third-order valence-electron chi connectivity index (χ3n) is 4.17. The van der Waals surface area contributed by atoms with Gasteiger partial charge in [0.25, 0.3) is 0 Å². The van der Waals surface area contributed by atoms with Gasteiger partial charge in [0.05, 0.1) is 22.4 Å². The number of benzene rings is 1. The van der Waals surface area contributed by atoms with Crippen LogP contribution >= 0.6 is 23.3 Å². The molecule has 0 aliphatic heterocycles. The summed E-state index contributed by atoms with van der Waals surface area (Å²) in [5, 5.41) is 7.14. The van der Waals surface area contributed by atoms with E-state index >= 15 is 0 Å². The van der Waals surface area contributed by atoms with Crippen molar-refractivity contribution in [3.63, 3.8) is 0 Å². The van der Waals surface area contributed by atoms with E-state index in [0.29, 0.717) is 11.1 Å². The highest BCUT2D eigenvalue weighted by Crippen LogP contribution is 2.32. The molecule has 2 aromatic rings. The highest BCUT2D eigenvalue weighted by atomic mass is 35.5. The fourth-order valence-corrected chi connectivity index (χ4v) is 3.77. The van der Waals surface area contributed by atoms with E-state index in [1.54, 1.807) is 0 Å². The lowest BCUT2D eigenvalue weighted by Crippen LogP contribution is -2.42. The Balaban J connectivity index is 1.55. The second-order valence-corrected chi connectivity index (χ2v) is 8.33. The molecule has 8 heteroatoms. The number of rotatable bonds is 3. The Morgan fingerprint density at radius 2 is 1.88 bits per heavy atom. The van der Waals surface area contributed by atoms with Gasteiger partial charge in [-0.05, 0) is 58.6 Å². The van der Waals surface area contributed by atoms with E-state index < -0.39 is 5.60 Å². The Labute approximate surface area is 156 Å². The van der Waals surface area contributed by atoms with Crippen LogP contribution in [0.5, 0.6) is 0 Å². The molecule has 1 aromatic carbocycles. The molecule has 25 heavy (non-hydrogen) atoms. The van der Waals surface area contributed by atoms with Crippen molar-refractivity contribution >= 4 is 46.1 Å². The molecule has 0 unspecified atom stereocenters. The smallest absolute Gasteiger partial charge is 0.407 e. The van der Waals surface area contributed by atoms with Crippen molar-refractivity contribution in [1.82, 2.24) is 14.1 Å². The predicted molar refractivity (Wildman–Crippen MR) is 101 cm³/mol. The van der Waals surface area contributed by atoms with Gasteiger partial charge < -0.3 is 15.4 Å². The number of alkyl carbamates (subject to hydrolysis) is 1. The number of ether oxygens (including phenoxy) is 1. The van der Waals surface area contributed by atoms with Crippen molar-refractivity contribution in [2.45, 2.75) is 64.1 Å². The molecule has 136 valence electrons. The fourth-order valence-electron chi connectivity index (χ4n) is 3.02. The molecule has 6 nitrogen and oxygen atoms in total. The molecule has 1 fully saturated rings. The molecule has 0 atom stereocenters. The van der Waals surface area contributed by atoms with E-state index in [1.165, 1.54) is 11.7 Å². The van der Waals surface area contributed by atoms with Crippen molar-refractivity contribution in [2.75, 3.05) is 5.32 Å². The SMILES string of the molecule is CC(C)(C)OC(=O)NC1CCC(Nc2c(Cl)ccc3nsnc23)CC1. The van der Waals surface area contributed by atoms with Crippen molar-refractivity contribution in [2.24, 2.45) is 0 Å². The largest absolute Gasteiger partial charge is 0.444 e. The van der Waals surface area contributed by atoms with Gasteiger partial charge in [-0.3, -0.25) is 0 Å². The first kappa shape index (κ1) is 18.2. The Bertz CT molecular complexity index is 751. The maximum atomic E-state index is 11.9. The first-order chi connectivity index (χ1) is 11.8. The number of fused-ring (bicyclic) bond motifs is 1. The minimum Gasteiger partial charge on any atom is -0.444 e. The molecular weight excluding hydrogens is 360 g/mol. The van der Waals surface area contributed by atoms with Gasteiger partial charge in [0, 0.05) is 12.1 Å². The summed E-state index contributed by atoms with van der Waals surface area (Å²) in [7, 11) is 0. The summed E-state index contributed by atoms with van der Waals surface area (Å²) in [6.45, 7) is 5.60. The lowest BCUT2D eigenvalue weighted by molar-refractivity contribution is 0.0492. The van der Waals surface area contributed by atoms with Gasteiger partial charge >= 0.3 is 6.09 Å². The minimum absolute atomic E-state index is 0.153. The second-order valence-electron chi connectivity index (χ2n) is 7.39. The van der Waals surface area contributed by atoms with Crippen LogP contribution in [0.15, 0.2) is 12.1 Å². The predicted octanol–water partition coefficient (Wildman–Crippen LogP) is 4.59. The van der Waals surface area contributed by atoms with Crippen molar-refractivity contribution in [1.29, 1.82) is 0 Å². The van der Waals surface area contributed by atoms with Gasteiger partial charge in [0.2, 0.25) is 0 Å². The van der Waals surface area contributed by atoms with Crippen LogP contribution in [0.25, 0.3) is 11.0 Å². The van der Waals surface area contributed by atoms with Crippen LogP contribution in [-0.4, -0.2) is 32.5 Å². The topological polar surface area (TPSA) is 76.1 Å². The number of hydrogen-bond acceptors (Lipinski definition) is 6. The maximum Gasteiger partial charge on any atom is 0.407 e. The average molecular weight is 383 g/mol. The molecule has 1 saturated carbocycles. The molecule has 1 amide bonds. The lowest BCUT2D eigenvalue weighted by Gasteiger charge is -2.31. The molecule has 0 radical (unpaired) electrons. The zero-order chi connectivity index (χ0) is 18.0. The molecule has 0 bridgehead atoms. The monoisotopic (exact) mass is 382 g/mol. The molecule has 2 N–H and O–H groups in total. The van der Waals surface area contributed by atoms with E-state index in [0.717, 1.165) is 42.4 Å². The molecule has 3 rings (SSSR count).